The van der Waals surface area contributed by atoms with E-state index >= 15 is 0 Å². The molecule has 0 radical (unpaired) electrons. The molecule has 4 rings (SSSR count). The Labute approximate surface area is 209 Å². The molecule has 6 nitrogen and oxygen atoms in total. The SMILES string of the molecule is Cc1ccccc1NC(=O)[C@@H]1C(=O)C[C@](C)(O)[C@H](C(=O)Nc2ccccc2C)[C@@H]1c1sccc1C. The molecule has 4 atom stereocenters. The van der Waals surface area contributed by atoms with Crippen molar-refractivity contribution >= 4 is 40.3 Å². The van der Waals surface area contributed by atoms with Crippen LogP contribution in [0, 0.1) is 32.6 Å². The number of ketones is 1. The summed E-state index contributed by atoms with van der Waals surface area (Å²) in [5.74, 6) is -4.18. The average Bonchev–Trinajstić information content (AvgIpc) is 3.21. The maximum atomic E-state index is 13.7. The molecular weight excluding hydrogens is 460 g/mol. The number of rotatable bonds is 5. The fraction of sp³-hybridized carbons (Fsp3) is 0.321. The van der Waals surface area contributed by atoms with E-state index in [1.54, 1.807) is 12.1 Å². The normalized spacial score (nSPS) is 24.1. The Kier molecular flexibility index (Phi) is 6.92. The highest BCUT2D eigenvalue weighted by molar-refractivity contribution is 7.10. The first kappa shape index (κ1) is 24.8. The number of thiophene rings is 1. The van der Waals surface area contributed by atoms with Crippen LogP contribution in [0.2, 0.25) is 0 Å². The number of Topliss-reactive ketones (excluding diaryl/α,β-unsaturated/α-hetero) is 1. The third kappa shape index (κ3) is 4.92. The zero-order valence-corrected chi connectivity index (χ0v) is 21.1. The van der Waals surface area contributed by atoms with E-state index in [1.807, 2.05) is 68.6 Å². The van der Waals surface area contributed by atoms with Gasteiger partial charge in [-0.3, -0.25) is 14.4 Å². The minimum atomic E-state index is -1.62. The number of nitrogens with one attached hydrogen (secondary N) is 2. The molecule has 3 aromatic rings. The van der Waals surface area contributed by atoms with E-state index in [-0.39, 0.29) is 12.2 Å². The summed E-state index contributed by atoms with van der Waals surface area (Å²) in [4.78, 5) is 41.5. The van der Waals surface area contributed by atoms with Gasteiger partial charge in [0.15, 0.2) is 0 Å². The van der Waals surface area contributed by atoms with Crippen LogP contribution in [0.3, 0.4) is 0 Å². The molecule has 1 heterocycles. The van der Waals surface area contributed by atoms with Crippen molar-refractivity contribution in [1.29, 1.82) is 0 Å². The topological polar surface area (TPSA) is 95.5 Å². The second-order valence-corrected chi connectivity index (χ2v) is 10.5. The van der Waals surface area contributed by atoms with Gasteiger partial charge in [0.2, 0.25) is 11.8 Å². The number of hydrogen-bond acceptors (Lipinski definition) is 5. The average molecular weight is 491 g/mol. The van der Waals surface area contributed by atoms with Gasteiger partial charge in [-0.05, 0) is 68.0 Å². The molecule has 1 aliphatic rings. The standard InChI is InChI=1S/C28H30N2O4S/c1-16-9-5-7-11-19(16)29-26(32)22-21(31)15-28(4,34)24(23(22)25-18(3)13-14-35-25)27(33)30-20-12-8-6-10-17(20)2/h5-14,22-24,34H,15H2,1-4H3,(H,29,32)(H,30,33)/t22-,23-,24+,28+/m1/s1. The summed E-state index contributed by atoms with van der Waals surface area (Å²) in [7, 11) is 0. The van der Waals surface area contributed by atoms with Gasteiger partial charge in [0.1, 0.15) is 11.7 Å². The molecule has 0 aliphatic heterocycles. The molecule has 182 valence electrons. The molecule has 1 aromatic heterocycles. The maximum Gasteiger partial charge on any atom is 0.235 e. The summed E-state index contributed by atoms with van der Waals surface area (Å²) in [6, 6.07) is 16.6. The Bertz CT molecular complexity index is 1280. The van der Waals surface area contributed by atoms with E-state index in [0.717, 1.165) is 21.6 Å². The Balaban J connectivity index is 1.77. The largest absolute Gasteiger partial charge is 0.389 e. The van der Waals surface area contributed by atoms with Gasteiger partial charge < -0.3 is 15.7 Å². The first-order valence-corrected chi connectivity index (χ1v) is 12.5. The molecule has 7 heteroatoms. The molecule has 0 saturated heterocycles. The van der Waals surface area contributed by atoms with Gasteiger partial charge in [-0.1, -0.05) is 36.4 Å². The summed E-state index contributed by atoms with van der Waals surface area (Å²) >= 11 is 1.40. The minimum absolute atomic E-state index is 0.286. The number of hydrogen-bond donors (Lipinski definition) is 3. The van der Waals surface area contributed by atoms with Crippen LogP contribution >= 0.6 is 11.3 Å². The Morgan fingerprint density at radius 1 is 0.886 bits per heavy atom. The summed E-state index contributed by atoms with van der Waals surface area (Å²) in [5, 5.41) is 19.1. The number of aliphatic hydroxyl groups is 1. The summed E-state index contributed by atoms with van der Waals surface area (Å²) < 4.78 is 0. The number of carbonyl (C=O) groups is 3. The lowest BCUT2D eigenvalue weighted by atomic mass is 9.62. The maximum absolute atomic E-state index is 13.7. The van der Waals surface area contributed by atoms with Crippen molar-refractivity contribution < 1.29 is 19.5 Å². The van der Waals surface area contributed by atoms with Crippen LogP contribution in [-0.4, -0.2) is 28.3 Å². The molecular formula is C28H30N2O4S. The van der Waals surface area contributed by atoms with Gasteiger partial charge in [0.25, 0.3) is 0 Å². The van der Waals surface area contributed by atoms with Crippen LogP contribution in [0.1, 0.15) is 40.8 Å². The highest BCUT2D eigenvalue weighted by atomic mass is 32.1. The van der Waals surface area contributed by atoms with E-state index in [1.165, 1.54) is 18.3 Å². The highest BCUT2D eigenvalue weighted by Gasteiger charge is 2.56. The minimum Gasteiger partial charge on any atom is -0.389 e. The lowest BCUT2D eigenvalue weighted by Crippen LogP contribution is -2.56. The van der Waals surface area contributed by atoms with Crippen molar-refractivity contribution in [3.05, 3.63) is 81.5 Å². The van der Waals surface area contributed by atoms with Crippen molar-refractivity contribution in [3.63, 3.8) is 0 Å². The van der Waals surface area contributed by atoms with E-state index in [2.05, 4.69) is 10.6 Å². The first-order valence-electron chi connectivity index (χ1n) is 11.6. The number of amides is 2. The second kappa shape index (κ2) is 9.76. The lowest BCUT2D eigenvalue weighted by Gasteiger charge is -2.44. The zero-order valence-electron chi connectivity index (χ0n) is 20.3. The molecule has 35 heavy (non-hydrogen) atoms. The fourth-order valence-electron chi connectivity index (χ4n) is 4.98. The highest BCUT2D eigenvalue weighted by Crippen LogP contribution is 2.48. The van der Waals surface area contributed by atoms with Crippen LogP contribution in [0.4, 0.5) is 11.4 Å². The van der Waals surface area contributed by atoms with Crippen molar-refractivity contribution in [1.82, 2.24) is 0 Å². The summed E-state index contributed by atoms with van der Waals surface area (Å²) in [6.45, 7) is 7.17. The quantitative estimate of drug-likeness (QED) is 0.439. The molecule has 1 fully saturated rings. The number of aryl methyl sites for hydroxylation is 3. The summed E-state index contributed by atoms with van der Waals surface area (Å²) in [6.07, 6.45) is -0.286. The zero-order chi connectivity index (χ0) is 25.3. The number of para-hydroxylation sites is 2. The smallest absolute Gasteiger partial charge is 0.235 e. The molecule has 2 amide bonds. The van der Waals surface area contributed by atoms with E-state index in [9.17, 15) is 19.5 Å². The van der Waals surface area contributed by atoms with E-state index in [0.29, 0.717) is 11.4 Å². The summed E-state index contributed by atoms with van der Waals surface area (Å²) in [5.41, 5.74) is 2.26. The van der Waals surface area contributed by atoms with Gasteiger partial charge in [-0.2, -0.15) is 0 Å². The molecule has 0 spiro atoms. The Morgan fingerprint density at radius 3 is 1.94 bits per heavy atom. The predicted octanol–water partition coefficient (Wildman–Crippen LogP) is 4.99. The number of benzene rings is 2. The van der Waals surface area contributed by atoms with Crippen molar-refractivity contribution in [2.24, 2.45) is 11.8 Å². The molecule has 0 bridgehead atoms. The molecule has 3 N–H and O–H groups in total. The third-order valence-corrected chi connectivity index (χ3v) is 7.96. The molecule has 1 aliphatic carbocycles. The Morgan fingerprint density at radius 2 is 1.43 bits per heavy atom. The van der Waals surface area contributed by atoms with E-state index < -0.39 is 35.2 Å². The van der Waals surface area contributed by atoms with Gasteiger partial charge in [-0.25, -0.2) is 0 Å². The number of anilines is 2. The fourth-order valence-corrected chi connectivity index (χ4v) is 6.08. The van der Waals surface area contributed by atoms with E-state index in [4.69, 9.17) is 0 Å². The van der Waals surface area contributed by atoms with Crippen molar-refractivity contribution in [2.45, 2.75) is 45.6 Å². The molecule has 1 saturated carbocycles. The predicted molar refractivity (Wildman–Crippen MR) is 139 cm³/mol. The van der Waals surface area contributed by atoms with Crippen molar-refractivity contribution in [3.8, 4) is 0 Å². The lowest BCUT2D eigenvalue weighted by molar-refractivity contribution is -0.150. The van der Waals surface area contributed by atoms with Crippen molar-refractivity contribution in [2.75, 3.05) is 10.6 Å². The first-order chi connectivity index (χ1) is 16.6. The van der Waals surface area contributed by atoms with Crippen LogP contribution < -0.4 is 10.6 Å². The van der Waals surface area contributed by atoms with Gasteiger partial charge in [-0.15, -0.1) is 11.3 Å². The number of carbonyl (C=O) groups excluding carboxylic acids is 3. The Hall–Kier alpha value is -3.29. The molecule has 2 aromatic carbocycles. The van der Waals surface area contributed by atoms with Gasteiger partial charge >= 0.3 is 0 Å². The third-order valence-electron chi connectivity index (χ3n) is 6.84. The van der Waals surface area contributed by atoms with Gasteiger partial charge in [0, 0.05) is 28.6 Å². The van der Waals surface area contributed by atoms with Crippen LogP contribution in [0.15, 0.2) is 60.0 Å². The second-order valence-electron chi connectivity index (χ2n) is 9.56. The van der Waals surface area contributed by atoms with Crippen LogP contribution in [0.25, 0.3) is 0 Å². The monoisotopic (exact) mass is 490 g/mol. The van der Waals surface area contributed by atoms with Crippen LogP contribution in [-0.2, 0) is 14.4 Å². The molecule has 0 unspecified atom stereocenters. The van der Waals surface area contributed by atoms with Crippen LogP contribution in [0.5, 0.6) is 0 Å². The van der Waals surface area contributed by atoms with Gasteiger partial charge in [0.05, 0.1) is 11.5 Å².